The molecule has 3 rings (SSSR count). The lowest BCUT2D eigenvalue weighted by Crippen LogP contribution is -2.47. The highest BCUT2D eigenvalue weighted by Crippen LogP contribution is 2.29. The van der Waals surface area contributed by atoms with E-state index in [1.54, 1.807) is 24.5 Å². The quantitative estimate of drug-likeness (QED) is 0.846. The molecule has 0 spiro atoms. The molecule has 0 aliphatic carbocycles. The van der Waals surface area contributed by atoms with Crippen LogP contribution >= 0.6 is 11.3 Å². The highest BCUT2D eigenvalue weighted by atomic mass is 32.1. The largest absolute Gasteiger partial charge is 0.384 e. The third-order valence-electron chi connectivity index (χ3n) is 4.25. The summed E-state index contributed by atoms with van der Waals surface area (Å²) in [6.45, 7) is 3.13. The third kappa shape index (κ3) is 3.80. The molecule has 0 radical (unpaired) electrons. The van der Waals surface area contributed by atoms with Gasteiger partial charge < -0.3 is 19.9 Å². The Labute approximate surface area is 139 Å². The molecule has 2 aromatic heterocycles. The van der Waals surface area contributed by atoms with Gasteiger partial charge in [0.25, 0.3) is 5.91 Å². The topological polar surface area (TPSA) is 76.4 Å². The molecule has 1 aliphatic heterocycles. The van der Waals surface area contributed by atoms with Crippen molar-refractivity contribution < 1.29 is 14.1 Å². The van der Waals surface area contributed by atoms with Crippen LogP contribution in [0, 0.1) is 5.41 Å². The number of ether oxygens (including phenoxy) is 1. The average molecular weight is 335 g/mol. The molecule has 0 saturated carbocycles. The number of carbonyl (C=O) groups excluding carboxylic acids is 1. The lowest BCUT2D eigenvalue weighted by atomic mass is 9.79. The van der Waals surface area contributed by atoms with Crippen LogP contribution in [0.15, 0.2) is 28.1 Å². The summed E-state index contributed by atoms with van der Waals surface area (Å²) in [6.07, 6.45) is 1.97. The number of hydrogen-bond donors (Lipinski definition) is 2. The van der Waals surface area contributed by atoms with Crippen LogP contribution < -0.4 is 10.6 Å². The molecule has 1 aliphatic rings. The van der Waals surface area contributed by atoms with Gasteiger partial charge in [-0.25, -0.2) is 0 Å². The number of thiophene rings is 1. The Bertz CT molecular complexity index is 627. The van der Waals surface area contributed by atoms with Crippen LogP contribution in [-0.2, 0) is 4.74 Å². The number of hydrogen-bond acceptors (Lipinski definition) is 6. The summed E-state index contributed by atoms with van der Waals surface area (Å²) in [4.78, 5) is 13.3. The fraction of sp³-hybridized carbons (Fsp3) is 0.500. The summed E-state index contributed by atoms with van der Waals surface area (Å²) < 4.78 is 10.6. The summed E-state index contributed by atoms with van der Waals surface area (Å²) in [5, 5.41) is 12.2. The van der Waals surface area contributed by atoms with Crippen LogP contribution in [0.2, 0.25) is 0 Å². The zero-order chi connectivity index (χ0) is 16.1. The van der Waals surface area contributed by atoms with E-state index in [-0.39, 0.29) is 11.3 Å². The van der Waals surface area contributed by atoms with E-state index in [1.165, 1.54) is 0 Å². The van der Waals surface area contributed by atoms with E-state index >= 15 is 0 Å². The number of nitrogens with one attached hydrogen (secondary N) is 2. The lowest BCUT2D eigenvalue weighted by molar-refractivity contribution is 0.0510. The minimum Gasteiger partial charge on any atom is -0.384 e. The fourth-order valence-electron chi connectivity index (χ4n) is 2.91. The second-order valence-electron chi connectivity index (χ2n) is 5.92. The fourth-order valence-corrected chi connectivity index (χ4v) is 3.58. The molecule has 3 heterocycles. The van der Waals surface area contributed by atoms with Gasteiger partial charge in [-0.1, -0.05) is 11.2 Å². The van der Waals surface area contributed by atoms with Crippen LogP contribution in [0.4, 0.5) is 0 Å². The van der Waals surface area contributed by atoms with Crippen molar-refractivity contribution in [2.24, 2.45) is 5.41 Å². The van der Waals surface area contributed by atoms with E-state index in [1.807, 2.05) is 17.5 Å². The number of rotatable bonds is 6. The first-order chi connectivity index (χ1) is 11.2. The van der Waals surface area contributed by atoms with Gasteiger partial charge >= 0.3 is 0 Å². The molecule has 0 aromatic carbocycles. The lowest BCUT2D eigenvalue weighted by Gasteiger charge is -2.37. The van der Waals surface area contributed by atoms with Gasteiger partial charge in [-0.3, -0.25) is 4.79 Å². The smallest absolute Gasteiger partial charge is 0.273 e. The number of aromatic nitrogens is 1. The molecule has 23 heavy (non-hydrogen) atoms. The van der Waals surface area contributed by atoms with Gasteiger partial charge in [0.2, 0.25) is 0 Å². The number of methoxy groups -OCH3 is 1. The van der Waals surface area contributed by atoms with E-state index in [0.29, 0.717) is 24.6 Å². The van der Waals surface area contributed by atoms with Crippen molar-refractivity contribution in [3.63, 3.8) is 0 Å². The van der Waals surface area contributed by atoms with Gasteiger partial charge in [-0.15, -0.1) is 11.3 Å². The molecule has 7 heteroatoms. The molecule has 2 aromatic rings. The van der Waals surface area contributed by atoms with Gasteiger partial charge in [0.1, 0.15) is 0 Å². The molecule has 1 fully saturated rings. The molecule has 6 nitrogen and oxygen atoms in total. The van der Waals surface area contributed by atoms with Crippen LogP contribution in [0.3, 0.4) is 0 Å². The highest BCUT2D eigenvalue weighted by Gasteiger charge is 2.32. The number of piperidine rings is 1. The normalized spacial score (nSPS) is 17.1. The maximum Gasteiger partial charge on any atom is 0.273 e. The molecule has 0 unspecified atom stereocenters. The van der Waals surface area contributed by atoms with Crippen molar-refractivity contribution in [1.29, 1.82) is 0 Å². The summed E-state index contributed by atoms with van der Waals surface area (Å²) in [5.74, 6) is 0.421. The van der Waals surface area contributed by atoms with Crippen LogP contribution in [0.5, 0.6) is 0 Å². The van der Waals surface area contributed by atoms with Crippen LogP contribution in [-0.4, -0.2) is 44.4 Å². The second kappa shape index (κ2) is 7.25. The predicted octanol–water partition coefficient (Wildman–Crippen LogP) is 2.15. The zero-order valence-corrected chi connectivity index (χ0v) is 13.9. The van der Waals surface area contributed by atoms with Gasteiger partial charge in [-0.2, -0.15) is 0 Å². The molecular formula is C16H21N3O3S. The first kappa shape index (κ1) is 16.2. The van der Waals surface area contributed by atoms with Crippen molar-refractivity contribution in [3.05, 3.63) is 29.3 Å². The van der Waals surface area contributed by atoms with E-state index in [0.717, 1.165) is 30.8 Å². The van der Waals surface area contributed by atoms with Gasteiger partial charge in [0.05, 0.1) is 11.5 Å². The van der Waals surface area contributed by atoms with Crippen LogP contribution in [0.25, 0.3) is 10.6 Å². The summed E-state index contributed by atoms with van der Waals surface area (Å²) in [6, 6.07) is 5.57. The van der Waals surface area contributed by atoms with Crippen molar-refractivity contribution >= 4 is 17.2 Å². The third-order valence-corrected chi connectivity index (χ3v) is 5.13. The predicted molar refractivity (Wildman–Crippen MR) is 88.6 cm³/mol. The Morgan fingerprint density at radius 3 is 3.04 bits per heavy atom. The average Bonchev–Trinajstić information content (AvgIpc) is 3.25. The molecule has 0 bridgehead atoms. The molecule has 2 N–H and O–H groups in total. The van der Waals surface area contributed by atoms with E-state index in [2.05, 4.69) is 15.8 Å². The Balaban J connectivity index is 1.62. The van der Waals surface area contributed by atoms with Gasteiger partial charge in [-0.05, 0) is 37.4 Å². The highest BCUT2D eigenvalue weighted by molar-refractivity contribution is 7.13. The van der Waals surface area contributed by atoms with Crippen molar-refractivity contribution in [2.45, 2.75) is 12.8 Å². The first-order valence-corrected chi connectivity index (χ1v) is 8.59. The maximum atomic E-state index is 12.3. The monoisotopic (exact) mass is 335 g/mol. The Hall–Kier alpha value is -1.70. The maximum absolute atomic E-state index is 12.3. The zero-order valence-electron chi connectivity index (χ0n) is 13.1. The van der Waals surface area contributed by atoms with Crippen molar-refractivity contribution in [3.8, 4) is 10.6 Å². The van der Waals surface area contributed by atoms with E-state index < -0.39 is 0 Å². The number of carbonyl (C=O) groups is 1. The standard InChI is InChI=1S/C16H21N3O3S/c1-21-11-16(4-6-17-7-5-16)10-18-15(20)12-9-13(22-19-12)14-3-2-8-23-14/h2-3,8-9,17H,4-7,10-11H2,1H3,(H,18,20). The van der Waals surface area contributed by atoms with Gasteiger partial charge in [0.15, 0.2) is 11.5 Å². The van der Waals surface area contributed by atoms with E-state index in [9.17, 15) is 4.79 Å². The molecular weight excluding hydrogens is 314 g/mol. The minimum absolute atomic E-state index is 0.00399. The Morgan fingerprint density at radius 2 is 2.35 bits per heavy atom. The second-order valence-corrected chi connectivity index (χ2v) is 6.87. The minimum atomic E-state index is -0.203. The van der Waals surface area contributed by atoms with Crippen LogP contribution in [0.1, 0.15) is 23.3 Å². The first-order valence-electron chi connectivity index (χ1n) is 7.71. The summed E-state index contributed by atoms with van der Waals surface area (Å²) in [5.41, 5.74) is 0.311. The van der Waals surface area contributed by atoms with Crippen molar-refractivity contribution in [1.82, 2.24) is 15.8 Å². The van der Waals surface area contributed by atoms with Crippen molar-refractivity contribution in [2.75, 3.05) is 33.4 Å². The summed E-state index contributed by atoms with van der Waals surface area (Å²) in [7, 11) is 1.70. The Kier molecular flexibility index (Phi) is 5.09. The summed E-state index contributed by atoms with van der Waals surface area (Å²) >= 11 is 1.55. The number of amides is 1. The van der Waals surface area contributed by atoms with Gasteiger partial charge in [0, 0.05) is 25.1 Å². The molecule has 1 amide bonds. The molecule has 124 valence electrons. The Morgan fingerprint density at radius 1 is 1.52 bits per heavy atom. The SMILES string of the molecule is COCC1(CNC(=O)c2cc(-c3cccs3)on2)CCNCC1. The molecule has 0 atom stereocenters. The van der Waals surface area contributed by atoms with E-state index in [4.69, 9.17) is 9.26 Å². The number of nitrogens with zero attached hydrogens (tertiary/aromatic N) is 1. The molecule has 1 saturated heterocycles.